The van der Waals surface area contributed by atoms with E-state index < -0.39 is 25.2 Å². The van der Waals surface area contributed by atoms with Crippen LogP contribution in [0.5, 0.6) is 0 Å². The number of halogens is 1. The second kappa shape index (κ2) is 9.28. The second-order valence-electron chi connectivity index (χ2n) is 8.72. The van der Waals surface area contributed by atoms with Crippen molar-refractivity contribution in [2.45, 2.75) is 76.5 Å². The van der Waals surface area contributed by atoms with Gasteiger partial charge in [0.1, 0.15) is 0 Å². The van der Waals surface area contributed by atoms with Gasteiger partial charge in [-0.2, -0.15) is 0 Å². The highest BCUT2D eigenvalue weighted by Gasteiger charge is 2.39. The van der Waals surface area contributed by atoms with Crippen molar-refractivity contribution in [1.82, 2.24) is 0 Å². The molecule has 0 spiro atoms. The van der Waals surface area contributed by atoms with Gasteiger partial charge in [0.25, 0.3) is 0 Å². The molecule has 138 valence electrons. The lowest BCUT2D eigenvalue weighted by atomic mass is 10.1. The molecule has 1 aromatic rings. The van der Waals surface area contributed by atoms with Crippen molar-refractivity contribution in [3.63, 3.8) is 0 Å². The van der Waals surface area contributed by atoms with Crippen LogP contribution in [0.1, 0.15) is 24.0 Å². The van der Waals surface area contributed by atoms with Crippen LogP contribution in [-0.2, 0) is 20.0 Å². The molecule has 6 heteroatoms. The third kappa shape index (κ3) is 9.68. The molecule has 0 aliphatic heterocycles. The predicted octanol–water partition coefficient (Wildman–Crippen LogP) is 6.68. The fraction of sp³-hybridized carbons (Fsp3) is 0.667. The minimum absolute atomic E-state index is 0.930. The maximum absolute atomic E-state index is 6.57. The zero-order valence-electron chi connectivity index (χ0n) is 16.5. The Labute approximate surface area is 161 Å². The van der Waals surface area contributed by atoms with E-state index >= 15 is 0 Å². The lowest BCUT2D eigenvalue weighted by Crippen LogP contribution is -2.52. The largest absolute Gasteiger partial charge is 0.437 e. The molecular weight excluding hydrogens is 412 g/mol. The quantitative estimate of drug-likeness (QED) is 0.226. The van der Waals surface area contributed by atoms with Gasteiger partial charge in [-0.3, -0.25) is 0 Å². The van der Waals surface area contributed by atoms with Gasteiger partial charge < -0.3 is 8.23 Å². The summed E-state index contributed by atoms with van der Waals surface area (Å²) < 4.78 is 13.1. The molecule has 0 aliphatic rings. The van der Waals surface area contributed by atoms with Crippen molar-refractivity contribution in [1.29, 1.82) is 0 Å². The lowest BCUT2D eigenvalue weighted by Gasteiger charge is -2.38. The molecule has 0 amide bonds. The number of hydrogen-bond donors (Lipinski definition) is 0. The lowest BCUT2D eigenvalue weighted by molar-refractivity contribution is 0.380. The topological polar surface area (TPSA) is 18.5 Å². The van der Waals surface area contributed by atoms with Crippen LogP contribution in [0.15, 0.2) is 24.3 Å². The Kier molecular flexibility index (Phi) is 8.63. The van der Waals surface area contributed by atoms with E-state index in [2.05, 4.69) is 86.0 Å². The van der Waals surface area contributed by atoms with Crippen LogP contribution < -0.4 is 0 Å². The number of benzene rings is 1. The van der Waals surface area contributed by atoms with Gasteiger partial charge >= 0.3 is 8.56 Å². The van der Waals surface area contributed by atoms with E-state index in [1.165, 1.54) is 24.0 Å². The summed E-state index contributed by atoms with van der Waals surface area (Å²) in [4.78, 5) is 0. The van der Waals surface area contributed by atoms with Crippen LogP contribution in [0, 0.1) is 0 Å². The van der Waals surface area contributed by atoms with Gasteiger partial charge in [0.15, 0.2) is 16.6 Å². The third-order valence-corrected chi connectivity index (χ3v) is 13.8. The van der Waals surface area contributed by atoms with Crippen molar-refractivity contribution in [2.75, 3.05) is 0 Å². The number of aryl methyl sites for hydroxylation is 1. The number of unbranched alkanes of at least 4 members (excludes halogenated alkanes) is 1. The Morgan fingerprint density at radius 1 is 0.750 bits per heavy atom. The first-order valence-corrected chi connectivity index (χ1v) is 19.4. The Morgan fingerprint density at radius 2 is 1.21 bits per heavy atom. The average Bonchev–Trinajstić information content (AvgIpc) is 2.40. The Morgan fingerprint density at radius 3 is 1.62 bits per heavy atom. The summed E-state index contributed by atoms with van der Waals surface area (Å²) in [5, 5.41) is 0.930. The molecule has 0 radical (unpaired) electrons. The average molecular weight is 448 g/mol. The van der Waals surface area contributed by atoms with Crippen molar-refractivity contribution in [2.24, 2.45) is 0 Å². The molecule has 2 nitrogen and oxygen atoms in total. The van der Waals surface area contributed by atoms with Crippen LogP contribution in [0.4, 0.5) is 0 Å². The van der Waals surface area contributed by atoms with Gasteiger partial charge in [-0.05, 0) is 75.8 Å². The summed E-state index contributed by atoms with van der Waals surface area (Å²) in [6.45, 7) is 15.9. The molecule has 0 unspecified atom stereocenters. The number of alkyl halides is 1. The van der Waals surface area contributed by atoms with Crippen molar-refractivity contribution < 1.29 is 8.23 Å². The minimum atomic E-state index is -2.06. The fourth-order valence-corrected chi connectivity index (χ4v) is 16.0. The molecule has 0 saturated carbocycles. The first-order chi connectivity index (χ1) is 10.9. The first-order valence-electron chi connectivity index (χ1n) is 8.97. The van der Waals surface area contributed by atoms with Gasteiger partial charge in [-0.1, -0.05) is 46.6 Å². The maximum atomic E-state index is 6.57. The van der Waals surface area contributed by atoms with Crippen LogP contribution >= 0.6 is 15.9 Å². The highest BCUT2D eigenvalue weighted by molar-refractivity contribution is 9.08. The van der Waals surface area contributed by atoms with Crippen molar-refractivity contribution in [3.8, 4) is 0 Å². The molecule has 0 saturated heterocycles. The maximum Gasteiger partial charge on any atom is 0.314 e. The Hall–Kier alpha value is 0.271. The summed E-state index contributed by atoms with van der Waals surface area (Å²) in [5.74, 6) is 0. The fourth-order valence-electron chi connectivity index (χ4n) is 2.99. The van der Waals surface area contributed by atoms with Gasteiger partial charge in [0.05, 0.1) is 0 Å². The van der Waals surface area contributed by atoms with Crippen LogP contribution in [-0.4, -0.2) is 25.2 Å². The summed E-state index contributed by atoms with van der Waals surface area (Å²) in [7, 11) is -5.20. The predicted molar refractivity (Wildman–Crippen MR) is 117 cm³/mol. The van der Waals surface area contributed by atoms with Gasteiger partial charge in [-0.25, -0.2) is 0 Å². The molecule has 1 rings (SSSR count). The van der Waals surface area contributed by atoms with Crippen LogP contribution in [0.2, 0.25) is 51.9 Å². The number of rotatable bonds is 10. The molecule has 0 N–H and O–H groups in total. The van der Waals surface area contributed by atoms with E-state index in [0.717, 1.165) is 17.8 Å². The molecule has 1 aromatic carbocycles. The highest BCUT2D eigenvalue weighted by atomic mass is 79.9. The molecule has 0 fully saturated rings. The first kappa shape index (κ1) is 22.3. The minimum Gasteiger partial charge on any atom is -0.437 e. The Balaban J connectivity index is 2.54. The van der Waals surface area contributed by atoms with Crippen LogP contribution in [0.3, 0.4) is 0 Å². The van der Waals surface area contributed by atoms with E-state index in [0.29, 0.717) is 0 Å². The standard InChI is InChI=1S/C18H35BrO2Si3/c1-22(2,3)20-24(7,21-23(4,5)6)15-9-8-10-17-11-13-18(16-19)14-12-17/h11-14H,8-10,15-16H2,1-7H3. The zero-order valence-corrected chi connectivity index (χ0v) is 21.1. The third-order valence-electron chi connectivity index (χ3n) is 3.57. The Bertz CT molecular complexity index is 476. The molecule has 0 aromatic heterocycles. The van der Waals surface area contributed by atoms with Gasteiger partial charge in [-0.15, -0.1) is 0 Å². The normalized spacial score (nSPS) is 13.3. The molecule has 0 heterocycles. The molecule has 0 bridgehead atoms. The SMILES string of the molecule is C[Si](C)(C)O[Si](C)(CCCCc1ccc(CBr)cc1)O[Si](C)(C)C. The van der Waals surface area contributed by atoms with Crippen molar-refractivity contribution in [3.05, 3.63) is 35.4 Å². The monoisotopic (exact) mass is 446 g/mol. The summed E-state index contributed by atoms with van der Waals surface area (Å²) in [5.41, 5.74) is 2.77. The van der Waals surface area contributed by atoms with E-state index in [1.54, 1.807) is 0 Å². The highest BCUT2D eigenvalue weighted by Crippen LogP contribution is 2.26. The molecule has 24 heavy (non-hydrogen) atoms. The number of hydrogen-bond acceptors (Lipinski definition) is 2. The summed E-state index contributed by atoms with van der Waals surface area (Å²) in [6, 6.07) is 10.0. The summed E-state index contributed by atoms with van der Waals surface area (Å²) >= 11 is 3.50. The molecule has 0 atom stereocenters. The summed E-state index contributed by atoms with van der Waals surface area (Å²) in [6.07, 6.45) is 3.55. The van der Waals surface area contributed by atoms with E-state index in [9.17, 15) is 0 Å². The van der Waals surface area contributed by atoms with Gasteiger partial charge in [0, 0.05) is 5.33 Å². The smallest absolute Gasteiger partial charge is 0.314 e. The van der Waals surface area contributed by atoms with E-state index in [1.807, 2.05) is 0 Å². The van der Waals surface area contributed by atoms with E-state index in [-0.39, 0.29) is 0 Å². The molecular formula is C18H35BrO2Si3. The van der Waals surface area contributed by atoms with E-state index in [4.69, 9.17) is 8.23 Å². The van der Waals surface area contributed by atoms with Gasteiger partial charge in [0.2, 0.25) is 0 Å². The van der Waals surface area contributed by atoms with Crippen molar-refractivity contribution >= 4 is 41.1 Å². The second-order valence-corrected chi connectivity index (χ2v) is 22.1. The van der Waals surface area contributed by atoms with Crippen LogP contribution in [0.25, 0.3) is 0 Å². The molecule has 0 aliphatic carbocycles. The zero-order chi connectivity index (χ0) is 18.4.